The van der Waals surface area contributed by atoms with E-state index in [1.807, 2.05) is 17.0 Å². The number of piperidine rings is 1. The van der Waals surface area contributed by atoms with Gasteiger partial charge in [-0.15, -0.1) is 12.4 Å². The second-order valence-corrected chi connectivity index (χ2v) is 8.75. The van der Waals surface area contributed by atoms with Crippen molar-refractivity contribution in [2.75, 3.05) is 46.4 Å². The molecule has 1 aromatic carbocycles. The minimum Gasteiger partial charge on any atom is -0.384 e. The van der Waals surface area contributed by atoms with E-state index >= 15 is 0 Å². The molecular weight excluding hydrogens is 390 g/mol. The predicted octanol–water partition coefficient (Wildman–Crippen LogP) is 0.882. The van der Waals surface area contributed by atoms with Crippen molar-refractivity contribution in [1.82, 2.24) is 14.5 Å². The second kappa shape index (κ2) is 9.84. The van der Waals surface area contributed by atoms with Crippen molar-refractivity contribution in [1.29, 1.82) is 0 Å². The number of carbonyl (C=O) groups excluding carboxylic acids is 1. The molecule has 0 aromatic heterocycles. The third-order valence-corrected chi connectivity index (χ3v) is 6.96. The molecule has 152 valence electrons. The van der Waals surface area contributed by atoms with Gasteiger partial charge in [-0.3, -0.25) is 4.79 Å². The van der Waals surface area contributed by atoms with Crippen molar-refractivity contribution in [2.24, 2.45) is 0 Å². The maximum absolute atomic E-state index is 13.0. The van der Waals surface area contributed by atoms with E-state index in [-0.39, 0.29) is 24.4 Å². The number of sulfonamides is 1. The molecular formula is C18H28ClN3O4S. The molecule has 0 bridgehead atoms. The van der Waals surface area contributed by atoms with Crippen LogP contribution in [-0.4, -0.2) is 76.0 Å². The van der Waals surface area contributed by atoms with E-state index in [1.165, 1.54) is 4.31 Å². The molecule has 1 unspecified atom stereocenters. The fourth-order valence-corrected chi connectivity index (χ4v) is 5.11. The third kappa shape index (κ3) is 5.20. The summed E-state index contributed by atoms with van der Waals surface area (Å²) < 4.78 is 32.6. The van der Waals surface area contributed by atoms with Crippen LogP contribution in [0.4, 0.5) is 0 Å². The molecule has 7 nitrogen and oxygen atoms in total. The fraction of sp³-hybridized carbons (Fsp3) is 0.611. The van der Waals surface area contributed by atoms with Gasteiger partial charge < -0.3 is 15.0 Å². The van der Waals surface area contributed by atoms with Crippen LogP contribution in [0, 0.1) is 0 Å². The lowest BCUT2D eigenvalue weighted by molar-refractivity contribution is -0.135. The lowest BCUT2D eigenvalue weighted by Gasteiger charge is -2.40. The Morgan fingerprint density at radius 2 is 1.96 bits per heavy atom. The maximum atomic E-state index is 13.0. The SMILES string of the molecule is COCCc1ccc(S(=O)(=O)N2CCCC(N3CCNCC3=O)C2)cc1.Cl. The Hall–Kier alpha value is -1.19. The number of benzene rings is 1. The number of nitrogens with one attached hydrogen (secondary N) is 1. The molecule has 1 aromatic rings. The number of amides is 1. The molecule has 27 heavy (non-hydrogen) atoms. The second-order valence-electron chi connectivity index (χ2n) is 6.81. The van der Waals surface area contributed by atoms with Crippen LogP contribution < -0.4 is 5.32 Å². The van der Waals surface area contributed by atoms with Crippen LogP contribution in [0.5, 0.6) is 0 Å². The number of halogens is 1. The first-order chi connectivity index (χ1) is 12.5. The minimum absolute atomic E-state index is 0. The van der Waals surface area contributed by atoms with Crippen LogP contribution in [-0.2, 0) is 26.0 Å². The highest BCUT2D eigenvalue weighted by Gasteiger charge is 2.35. The van der Waals surface area contributed by atoms with E-state index in [4.69, 9.17) is 4.74 Å². The molecule has 2 aliphatic rings. The number of methoxy groups -OCH3 is 1. The summed E-state index contributed by atoms with van der Waals surface area (Å²) in [5.74, 6) is 0.0583. The van der Waals surface area contributed by atoms with Gasteiger partial charge in [0, 0.05) is 39.3 Å². The van der Waals surface area contributed by atoms with Gasteiger partial charge in [-0.25, -0.2) is 8.42 Å². The van der Waals surface area contributed by atoms with Crippen LogP contribution in [0.2, 0.25) is 0 Å². The first kappa shape index (κ1) is 22.1. The first-order valence-corrected chi connectivity index (χ1v) is 10.5. The van der Waals surface area contributed by atoms with Crippen LogP contribution in [0.25, 0.3) is 0 Å². The number of hydrogen-bond acceptors (Lipinski definition) is 5. The average molecular weight is 418 g/mol. The molecule has 0 saturated carbocycles. The molecule has 0 aliphatic carbocycles. The molecule has 0 radical (unpaired) electrons. The van der Waals surface area contributed by atoms with Crippen molar-refractivity contribution >= 4 is 28.3 Å². The number of ether oxygens (including phenoxy) is 1. The van der Waals surface area contributed by atoms with Crippen molar-refractivity contribution in [3.8, 4) is 0 Å². The third-order valence-electron chi connectivity index (χ3n) is 5.08. The quantitative estimate of drug-likeness (QED) is 0.743. The molecule has 2 fully saturated rings. The van der Waals surface area contributed by atoms with E-state index in [1.54, 1.807) is 19.2 Å². The Morgan fingerprint density at radius 3 is 2.63 bits per heavy atom. The number of hydrogen-bond donors (Lipinski definition) is 1. The Bertz CT molecular complexity index is 727. The molecule has 0 spiro atoms. The summed E-state index contributed by atoms with van der Waals surface area (Å²) in [6.07, 6.45) is 2.38. The van der Waals surface area contributed by atoms with Gasteiger partial charge in [0.25, 0.3) is 0 Å². The average Bonchev–Trinajstić information content (AvgIpc) is 2.67. The molecule has 2 saturated heterocycles. The summed E-state index contributed by atoms with van der Waals surface area (Å²) in [6, 6.07) is 6.98. The molecule has 9 heteroatoms. The molecule has 1 amide bonds. The largest absolute Gasteiger partial charge is 0.384 e. The molecule has 2 aliphatic heterocycles. The smallest absolute Gasteiger partial charge is 0.243 e. The number of nitrogens with zero attached hydrogens (tertiary/aromatic N) is 2. The van der Waals surface area contributed by atoms with Gasteiger partial charge in [0.05, 0.1) is 18.0 Å². The van der Waals surface area contributed by atoms with E-state index < -0.39 is 10.0 Å². The Morgan fingerprint density at radius 1 is 1.22 bits per heavy atom. The van der Waals surface area contributed by atoms with Crippen LogP contribution in [0.15, 0.2) is 29.2 Å². The van der Waals surface area contributed by atoms with E-state index in [0.717, 1.165) is 31.4 Å². The van der Waals surface area contributed by atoms with E-state index in [0.29, 0.717) is 37.7 Å². The summed E-state index contributed by atoms with van der Waals surface area (Å²) in [4.78, 5) is 14.3. The number of carbonyl (C=O) groups is 1. The predicted molar refractivity (Wildman–Crippen MR) is 106 cm³/mol. The Kier molecular flexibility index (Phi) is 8.05. The van der Waals surface area contributed by atoms with E-state index in [9.17, 15) is 13.2 Å². The standard InChI is InChI=1S/C18H27N3O4S.ClH/c1-25-12-8-15-4-6-17(7-5-15)26(23,24)20-10-2-3-16(14-20)21-11-9-19-13-18(21)22;/h4-7,16,19H,2-3,8-14H2,1H3;1H. The van der Waals surface area contributed by atoms with Crippen LogP contribution in [0.1, 0.15) is 18.4 Å². The van der Waals surface area contributed by atoms with Gasteiger partial charge in [-0.1, -0.05) is 12.1 Å². The molecule has 2 heterocycles. The normalized spacial score (nSPS) is 21.7. The van der Waals surface area contributed by atoms with Crippen molar-refractivity contribution in [3.05, 3.63) is 29.8 Å². The highest BCUT2D eigenvalue weighted by molar-refractivity contribution is 7.89. The van der Waals surface area contributed by atoms with Gasteiger partial charge in [-0.2, -0.15) is 4.31 Å². The minimum atomic E-state index is -3.54. The summed E-state index contributed by atoms with van der Waals surface area (Å²) in [6.45, 7) is 3.23. The number of piperazine rings is 1. The zero-order valence-corrected chi connectivity index (χ0v) is 17.2. The van der Waals surface area contributed by atoms with Gasteiger partial charge in [0.2, 0.25) is 15.9 Å². The highest BCUT2D eigenvalue weighted by Crippen LogP contribution is 2.24. The monoisotopic (exact) mass is 417 g/mol. The Labute approximate surface area is 167 Å². The zero-order chi connectivity index (χ0) is 18.6. The summed E-state index contributed by atoms with van der Waals surface area (Å²) in [5, 5.41) is 3.06. The lowest BCUT2D eigenvalue weighted by Crippen LogP contribution is -2.57. The lowest BCUT2D eigenvalue weighted by atomic mass is 10.1. The number of rotatable bonds is 6. The van der Waals surface area contributed by atoms with Gasteiger partial charge in [0.15, 0.2) is 0 Å². The summed E-state index contributed by atoms with van der Waals surface area (Å²) in [7, 11) is -1.89. The summed E-state index contributed by atoms with van der Waals surface area (Å²) in [5.41, 5.74) is 1.05. The maximum Gasteiger partial charge on any atom is 0.243 e. The zero-order valence-electron chi connectivity index (χ0n) is 15.6. The van der Waals surface area contributed by atoms with Gasteiger partial charge in [-0.05, 0) is 37.0 Å². The van der Waals surface area contributed by atoms with Crippen LogP contribution >= 0.6 is 12.4 Å². The topological polar surface area (TPSA) is 79.0 Å². The van der Waals surface area contributed by atoms with Crippen LogP contribution in [0.3, 0.4) is 0 Å². The fourth-order valence-electron chi connectivity index (χ4n) is 3.60. The molecule has 1 N–H and O–H groups in total. The Balaban J connectivity index is 0.00000261. The van der Waals surface area contributed by atoms with Gasteiger partial charge >= 0.3 is 0 Å². The summed E-state index contributed by atoms with van der Waals surface area (Å²) >= 11 is 0. The first-order valence-electron chi connectivity index (χ1n) is 9.10. The van der Waals surface area contributed by atoms with Crippen molar-refractivity contribution in [2.45, 2.75) is 30.2 Å². The van der Waals surface area contributed by atoms with Gasteiger partial charge in [0.1, 0.15) is 0 Å². The molecule has 3 rings (SSSR count). The highest BCUT2D eigenvalue weighted by atomic mass is 35.5. The van der Waals surface area contributed by atoms with Crippen molar-refractivity contribution in [3.63, 3.8) is 0 Å². The van der Waals surface area contributed by atoms with Crippen molar-refractivity contribution < 1.29 is 17.9 Å². The van der Waals surface area contributed by atoms with E-state index in [2.05, 4.69) is 5.32 Å². The molecule has 1 atom stereocenters.